The molecule has 0 fully saturated rings. The summed E-state index contributed by atoms with van der Waals surface area (Å²) in [5.74, 6) is 0.253. The van der Waals surface area contributed by atoms with Gasteiger partial charge in [0.05, 0.1) is 0 Å². The second kappa shape index (κ2) is 6.00. The number of nitrogens with one attached hydrogen (secondary N) is 1. The molecule has 0 spiro atoms. The molecule has 0 saturated heterocycles. The van der Waals surface area contributed by atoms with Gasteiger partial charge in [0.15, 0.2) is 0 Å². The quantitative estimate of drug-likeness (QED) is 0.252. The highest BCUT2D eigenvalue weighted by atomic mass is 79.9. The largest absolute Gasteiger partial charge is 0.409 e. The van der Waals surface area contributed by atoms with E-state index in [1.54, 1.807) is 11.3 Å². The standard InChI is InChI=1S/C8H12BrN3OS/c9-6-2-4-14-7(6)5-11-3-1-8(10)12-13/h2,4,11,13H,1,3,5H2,(H2,10,12). The molecule has 0 radical (unpaired) electrons. The molecule has 0 aromatic carbocycles. The lowest BCUT2D eigenvalue weighted by Crippen LogP contribution is -2.21. The second-order valence-electron chi connectivity index (χ2n) is 2.71. The fraction of sp³-hybridized carbons (Fsp3) is 0.375. The first-order chi connectivity index (χ1) is 6.74. The first-order valence-corrected chi connectivity index (χ1v) is 5.80. The Hall–Kier alpha value is -0.590. The molecule has 0 amide bonds. The van der Waals surface area contributed by atoms with Gasteiger partial charge in [-0.3, -0.25) is 0 Å². The zero-order valence-corrected chi connectivity index (χ0v) is 9.94. The van der Waals surface area contributed by atoms with E-state index < -0.39 is 0 Å². The minimum absolute atomic E-state index is 0.253. The van der Waals surface area contributed by atoms with Crippen LogP contribution in [-0.2, 0) is 6.54 Å². The smallest absolute Gasteiger partial charge is 0.140 e. The fourth-order valence-electron chi connectivity index (χ4n) is 0.920. The lowest BCUT2D eigenvalue weighted by molar-refractivity contribution is 0.316. The number of oxime groups is 1. The van der Waals surface area contributed by atoms with E-state index in [9.17, 15) is 0 Å². The Morgan fingerprint density at radius 3 is 3.07 bits per heavy atom. The maximum Gasteiger partial charge on any atom is 0.140 e. The molecule has 1 aromatic heterocycles. The van der Waals surface area contributed by atoms with Crippen molar-refractivity contribution in [3.63, 3.8) is 0 Å². The molecule has 1 heterocycles. The third-order valence-corrected chi connectivity index (χ3v) is 3.59. The second-order valence-corrected chi connectivity index (χ2v) is 4.56. The molecule has 1 rings (SSSR count). The molecule has 0 bridgehead atoms. The van der Waals surface area contributed by atoms with Crippen LogP contribution in [0.5, 0.6) is 0 Å². The summed E-state index contributed by atoms with van der Waals surface area (Å²) in [5, 5.41) is 16.4. The number of hydrogen-bond donors (Lipinski definition) is 3. The van der Waals surface area contributed by atoms with Crippen LogP contribution in [0.25, 0.3) is 0 Å². The molecule has 0 unspecified atom stereocenters. The molecule has 0 aliphatic rings. The Morgan fingerprint density at radius 1 is 1.71 bits per heavy atom. The molecule has 0 aliphatic carbocycles. The minimum Gasteiger partial charge on any atom is -0.409 e. The van der Waals surface area contributed by atoms with Crippen molar-refractivity contribution in [2.24, 2.45) is 10.9 Å². The summed E-state index contributed by atoms with van der Waals surface area (Å²) in [6, 6.07) is 2.02. The summed E-state index contributed by atoms with van der Waals surface area (Å²) in [6.07, 6.45) is 0.555. The molecule has 78 valence electrons. The molecule has 0 aliphatic heterocycles. The van der Waals surface area contributed by atoms with Gasteiger partial charge in [0.1, 0.15) is 5.84 Å². The van der Waals surface area contributed by atoms with Crippen LogP contribution in [0.2, 0.25) is 0 Å². The molecule has 14 heavy (non-hydrogen) atoms. The maximum absolute atomic E-state index is 8.29. The fourth-order valence-corrected chi connectivity index (χ4v) is 2.38. The summed E-state index contributed by atoms with van der Waals surface area (Å²) in [6.45, 7) is 1.51. The predicted molar refractivity (Wildman–Crippen MR) is 61.8 cm³/mol. The van der Waals surface area contributed by atoms with Crippen molar-refractivity contribution in [3.05, 3.63) is 20.8 Å². The van der Waals surface area contributed by atoms with E-state index in [0.29, 0.717) is 13.0 Å². The van der Waals surface area contributed by atoms with Crippen molar-refractivity contribution in [2.45, 2.75) is 13.0 Å². The third kappa shape index (κ3) is 3.65. The van der Waals surface area contributed by atoms with E-state index in [0.717, 1.165) is 11.0 Å². The topological polar surface area (TPSA) is 70.6 Å². The van der Waals surface area contributed by atoms with Crippen LogP contribution < -0.4 is 11.1 Å². The van der Waals surface area contributed by atoms with Crippen molar-refractivity contribution in [1.29, 1.82) is 0 Å². The van der Waals surface area contributed by atoms with Crippen LogP contribution in [-0.4, -0.2) is 17.6 Å². The Balaban J connectivity index is 2.20. The summed E-state index contributed by atoms with van der Waals surface area (Å²) < 4.78 is 1.12. The number of nitrogens with two attached hydrogens (primary N) is 1. The van der Waals surface area contributed by atoms with E-state index in [2.05, 4.69) is 26.4 Å². The van der Waals surface area contributed by atoms with Crippen molar-refractivity contribution < 1.29 is 5.21 Å². The van der Waals surface area contributed by atoms with Gasteiger partial charge in [-0.2, -0.15) is 0 Å². The Labute approximate surface area is 94.9 Å². The molecule has 0 atom stereocenters. The SMILES string of the molecule is NC(CCNCc1sccc1Br)=NO. The summed E-state index contributed by atoms with van der Waals surface area (Å²) >= 11 is 5.14. The van der Waals surface area contributed by atoms with E-state index >= 15 is 0 Å². The van der Waals surface area contributed by atoms with E-state index in [-0.39, 0.29) is 5.84 Å². The van der Waals surface area contributed by atoms with Gasteiger partial charge in [-0.25, -0.2) is 0 Å². The first kappa shape index (κ1) is 11.5. The van der Waals surface area contributed by atoms with E-state index in [1.165, 1.54) is 4.88 Å². The van der Waals surface area contributed by atoms with Gasteiger partial charge in [0.25, 0.3) is 0 Å². The van der Waals surface area contributed by atoms with Crippen molar-refractivity contribution in [2.75, 3.05) is 6.54 Å². The highest BCUT2D eigenvalue weighted by molar-refractivity contribution is 9.10. The molecule has 1 aromatic rings. The Bertz CT molecular complexity index is 313. The van der Waals surface area contributed by atoms with Gasteiger partial charge in [0, 0.05) is 28.9 Å². The number of hydrogen-bond acceptors (Lipinski definition) is 4. The first-order valence-electron chi connectivity index (χ1n) is 4.13. The van der Waals surface area contributed by atoms with Crippen LogP contribution in [0.3, 0.4) is 0 Å². The number of nitrogens with zero attached hydrogens (tertiary/aromatic N) is 1. The number of amidine groups is 1. The van der Waals surface area contributed by atoms with Gasteiger partial charge < -0.3 is 16.3 Å². The van der Waals surface area contributed by atoms with E-state index in [4.69, 9.17) is 10.9 Å². The molecule has 6 heteroatoms. The highest BCUT2D eigenvalue weighted by Crippen LogP contribution is 2.21. The number of rotatable bonds is 5. The Morgan fingerprint density at radius 2 is 2.50 bits per heavy atom. The zero-order valence-electron chi connectivity index (χ0n) is 7.53. The van der Waals surface area contributed by atoms with Crippen molar-refractivity contribution >= 4 is 33.1 Å². The van der Waals surface area contributed by atoms with Crippen LogP contribution in [0, 0.1) is 0 Å². The zero-order chi connectivity index (χ0) is 10.4. The molecule has 4 N–H and O–H groups in total. The lowest BCUT2D eigenvalue weighted by Gasteiger charge is -2.02. The van der Waals surface area contributed by atoms with Crippen LogP contribution >= 0.6 is 27.3 Å². The third-order valence-electron chi connectivity index (χ3n) is 1.66. The average molecular weight is 278 g/mol. The monoisotopic (exact) mass is 277 g/mol. The summed E-state index contributed by atoms with van der Waals surface area (Å²) in [4.78, 5) is 1.25. The van der Waals surface area contributed by atoms with Crippen LogP contribution in [0.15, 0.2) is 21.1 Å². The lowest BCUT2D eigenvalue weighted by atomic mass is 10.4. The van der Waals surface area contributed by atoms with Crippen molar-refractivity contribution in [3.8, 4) is 0 Å². The minimum atomic E-state index is 0.253. The average Bonchev–Trinajstić information content (AvgIpc) is 2.58. The number of thiophene rings is 1. The number of halogens is 1. The molecular weight excluding hydrogens is 266 g/mol. The van der Waals surface area contributed by atoms with E-state index in [1.807, 2.05) is 11.4 Å². The van der Waals surface area contributed by atoms with Crippen molar-refractivity contribution in [1.82, 2.24) is 5.32 Å². The molecular formula is C8H12BrN3OS. The Kier molecular flexibility index (Phi) is 4.92. The van der Waals surface area contributed by atoms with Gasteiger partial charge in [-0.15, -0.1) is 11.3 Å². The summed E-state index contributed by atoms with van der Waals surface area (Å²) in [5.41, 5.74) is 5.32. The normalized spacial score (nSPS) is 11.9. The maximum atomic E-state index is 8.29. The van der Waals surface area contributed by atoms with Gasteiger partial charge in [0.2, 0.25) is 0 Å². The van der Waals surface area contributed by atoms with Crippen LogP contribution in [0.4, 0.5) is 0 Å². The van der Waals surface area contributed by atoms with Gasteiger partial charge in [-0.05, 0) is 27.4 Å². The van der Waals surface area contributed by atoms with Gasteiger partial charge >= 0.3 is 0 Å². The van der Waals surface area contributed by atoms with Gasteiger partial charge in [-0.1, -0.05) is 5.16 Å². The predicted octanol–water partition coefficient (Wildman–Crippen LogP) is 1.74. The summed E-state index contributed by atoms with van der Waals surface area (Å²) in [7, 11) is 0. The molecule has 4 nitrogen and oxygen atoms in total. The highest BCUT2D eigenvalue weighted by Gasteiger charge is 2.00. The van der Waals surface area contributed by atoms with Crippen LogP contribution in [0.1, 0.15) is 11.3 Å². The molecule has 0 saturated carbocycles.